The van der Waals surface area contributed by atoms with Crippen LogP contribution in [0.3, 0.4) is 0 Å². The molecule has 0 unspecified atom stereocenters. The van der Waals surface area contributed by atoms with E-state index < -0.39 is 5.54 Å². The SMILES string of the molecule is Cc1cccc(Cn2cnc(-c3ccc4c(ccn4C(C)(C)C(N)=O)c3)n2)n1. The van der Waals surface area contributed by atoms with Gasteiger partial charge in [0.1, 0.15) is 11.9 Å². The van der Waals surface area contributed by atoms with Gasteiger partial charge < -0.3 is 10.3 Å². The number of rotatable bonds is 5. The third-order valence-corrected chi connectivity index (χ3v) is 4.96. The molecular formula is C21H22N6O. The van der Waals surface area contributed by atoms with Gasteiger partial charge in [-0.2, -0.15) is 5.10 Å². The van der Waals surface area contributed by atoms with Crippen LogP contribution >= 0.6 is 0 Å². The van der Waals surface area contributed by atoms with E-state index >= 15 is 0 Å². The monoisotopic (exact) mass is 374 g/mol. The van der Waals surface area contributed by atoms with E-state index in [9.17, 15) is 4.79 Å². The summed E-state index contributed by atoms with van der Waals surface area (Å²) in [4.78, 5) is 20.7. The Morgan fingerprint density at radius 1 is 1.18 bits per heavy atom. The average Bonchev–Trinajstić information content (AvgIpc) is 3.28. The van der Waals surface area contributed by atoms with Crippen LogP contribution < -0.4 is 5.73 Å². The van der Waals surface area contributed by atoms with Crippen molar-refractivity contribution >= 4 is 16.8 Å². The lowest BCUT2D eigenvalue weighted by molar-refractivity contribution is -0.124. The molecule has 3 aromatic heterocycles. The molecule has 0 fully saturated rings. The molecule has 0 spiro atoms. The van der Waals surface area contributed by atoms with Crippen molar-refractivity contribution in [2.45, 2.75) is 32.9 Å². The van der Waals surface area contributed by atoms with Crippen LogP contribution in [-0.2, 0) is 16.9 Å². The number of amides is 1. The highest BCUT2D eigenvalue weighted by atomic mass is 16.1. The van der Waals surface area contributed by atoms with E-state index in [0.29, 0.717) is 12.4 Å². The Hall–Kier alpha value is -3.48. The van der Waals surface area contributed by atoms with Crippen LogP contribution in [0.25, 0.3) is 22.3 Å². The predicted molar refractivity (Wildman–Crippen MR) is 108 cm³/mol. The molecule has 7 nitrogen and oxygen atoms in total. The summed E-state index contributed by atoms with van der Waals surface area (Å²) in [5, 5.41) is 5.58. The van der Waals surface area contributed by atoms with E-state index in [1.807, 2.05) is 74.0 Å². The molecule has 2 N–H and O–H groups in total. The maximum Gasteiger partial charge on any atom is 0.243 e. The van der Waals surface area contributed by atoms with Crippen molar-refractivity contribution in [2.24, 2.45) is 5.73 Å². The van der Waals surface area contributed by atoms with E-state index in [4.69, 9.17) is 5.73 Å². The van der Waals surface area contributed by atoms with Crippen LogP contribution in [0, 0.1) is 6.92 Å². The smallest absolute Gasteiger partial charge is 0.243 e. The molecular weight excluding hydrogens is 352 g/mol. The number of nitrogens with zero attached hydrogens (tertiary/aromatic N) is 5. The quantitative estimate of drug-likeness (QED) is 0.581. The van der Waals surface area contributed by atoms with Gasteiger partial charge in [-0.1, -0.05) is 6.07 Å². The van der Waals surface area contributed by atoms with Crippen molar-refractivity contribution in [3.8, 4) is 11.4 Å². The standard InChI is InChI=1S/C21H22N6O/c1-14-5-4-6-17(24-14)12-26-13-23-19(25-26)16-7-8-18-15(11-16)9-10-27(18)21(2,3)20(22)28/h4-11,13H,12H2,1-3H3,(H2,22,28). The van der Waals surface area contributed by atoms with Crippen LogP contribution in [0.15, 0.2) is 55.0 Å². The van der Waals surface area contributed by atoms with Crippen molar-refractivity contribution in [3.05, 3.63) is 66.4 Å². The average molecular weight is 374 g/mol. The second kappa shape index (κ2) is 6.60. The van der Waals surface area contributed by atoms with Crippen LogP contribution in [-0.4, -0.2) is 30.2 Å². The lowest BCUT2D eigenvalue weighted by Gasteiger charge is -2.24. The summed E-state index contributed by atoms with van der Waals surface area (Å²) < 4.78 is 3.67. The van der Waals surface area contributed by atoms with Gasteiger partial charge in [0, 0.05) is 28.4 Å². The second-order valence-corrected chi connectivity index (χ2v) is 7.42. The fourth-order valence-electron chi connectivity index (χ4n) is 3.24. The van der Waals surface area contributed by atoms with Gasteiger partial charge in [-0.3, -0.25) is 9.78 Å². The highest BCUT2D eigenvalue weighted by Gasteiger charge is 2.28. The predicted octanol–water partition coefficient (Wildman–Crippen LogP) is 2.87. The summed E-state index contributed by atoms with van der Waals surface area (Å²) >= 11 is 0. The molecule has 0 bridgehead atoms. The minimum absolute atomic E-state index is 0.376. The molecule has 0 atom stereocenters. The number of nitrogens with two attached hydrogens (primary N) is 1. The molecule has 0 radical (unpaired) electrons. The maximum absolute atomic E-state index is 11.8. The maximum atomic E-state index is 11.8. The number of aromatic nitrogens is 5. The van der Waals surface area contributed by atoms with Crippen LogP contribution in [0.2, 0.25) is 0 Å². The number of hydrogen-bond acceptors (Lipinski definition) is 4. The summed E-state index contributed by atoms with van der Waals surface area (Å²) in [7, 11) is 0. The van der Waals surface area contributed by atoms with Gasteiger partial charge in [-0.05, 0) is 57.2 Å². The number of carbonyl (C=O) groups is 1. The fourth-order valence-corrected chi connectivity index (χ4v) is 3.24. The molecule has 4 rings (SSSR count). The van der Waals surface area contributed by atoms with Gasteiger partial charge in [0.05, 0.1) is 12.2 Å². The van der Waals surface area contributed by atoms with Gasteiger partial charge in [-0.25, -0.2) is 9.67 Å². The number of pyridine rings is 1. The number of aryl methyl sites for hydroxylation is 1. The molecule has 0 saturated heterocycles. The normalized spacial score (nSPS) is 11.8. The Labute approximate surface area is 162 Å². The summed E-state index contributed by atoms with van der Waals surface area (Å²) in [6, 6.07) is 13.9. The van der Waals surface area contributed by atoms with Gasteiger partial charge in [0.25, 0.3) is 0 Å². The molecule has 1 amide bonds. The first-order valence-electron chi connectivity index (χ1n) is 9.08. The van der Waals surface area contributed by atoms with Gasteiger partial charge in [0.2, 0.25) is 5.91 Å². The van der Waals surface area contributed by atoms with Crippen molar-refractivity contribution < 1.29 is 4.79 Å². The number of primary amides is 1. The second-order valence-electron chi connectivity index (χ2n) is 7.42. The minimum Gasteiger partial charge on any atom is -0.368 e. The van der Waals surface area contributed by atoms with Gasteiger partial charge in [-0.15, -0.1) is 0 Å². The van der Waals surface area contributed by atoms with Crippen LogP contribution in [0.4, 0.5) is 0 Å². The first-order chi connectivity index (χ1) is 13.3. The van der Waals surface area contributed by atoms with Crippen molar-refractivity contribution in [1.82, 2.24) is 24.3 Å². The third kappa shape index (κ3) is 3.15. The molecule has 0 aliphatic heterocycles. The molecule has 28 heavy (non-hydrogen) atoms. The Morgan fingerprint density at radius 2 is 2.00 bits per heavy atom. The first kappa shape index (κ1) is 17.9. The lowest BCUT2D eigenvalue weighted by atomic mass is 10.0. The van der Waals surface area contributed by atoms with Crippen molar-refractivity contribution in [3.63, 3.8) is 0 Å². The molecule has 4 aromatic rings. The zero-order chi connectivity index (χ0) is 19.9. The topological polar surface area (TPSA) is 91.6 Å². The zero-order valence-corrected chi connectivity index (χ0v) is 16.1. The Morgan fingerprint density at radius 3 is 2.75 bits per heavy atom. The number of fused-ring (bicyclic) bond motifs is 1. The number of hydrogen-bond donors (Lipinski definition) is 1. The third-order valence-electron chi connectivity index (χ3n) is 4.96. The summed E-state index contributed by atoms with van der Waals surface area (Å²) in [6.45, 7) is 6.16. The number of benzene rings is 1. The van der Waals surface area contributed by atoms with Crippen LogP contribution in [0.5, 0.6) is 0 Å². The van der Waals surface area contributed by atoms with Crippen molar-refractivity contribution in [1.29, 1.82) is 0 Å². The van der Waals surface area contributed by atoms with Gasteiger partial charge >= 0.3 is 0 Å². The lowest BCUT2D eigenvalue weighted by Crippen LogP contribution is -2.40. The largest absolute Gasteiger partial charge is 0.368 e. The minimum atomic E-state index is -0.802. The Kier molecular flexibility index (Phi) is 4.22. The molecule has 1 aromatic carbocycles. The molecule has 0 aliphatic rings. The van der Waals surface area contributed by atoms with Gasteiger partial charge in [0.15, 0.2) is 5.82 Å². The van der Waals surface area contributed by atoms with E-state index in [2.05, 4.69) is 15.1 Å². The summed E-state index contributed by atoms with van der Waals surface area (Å²) in [5.74, 6) is 0.274. The summed E-state index contributed by atoms with van der Waals surface area (Å²) in [5.41, 5.74) is 8.54. The van der Waals surface area contributed by atoms with E-state index in [1.165, 1.54) is 0 Å². The van der Waals surface area contributed by atoms with E-state index in [1.54, 1.807) is 11.0 Å². The Balaban J connectivity index is 1.64. The summed E-state index contributed by atoms with van der Waals surface area (Å²) in [6.07, 6.45) is 3.60. The molecule has 3 heterocycles. The molecule has 142 valence electrons. The first-order valence-corrected chi connectivity index (χ1v) is 9.08. The molecule has 7 heteroatoms. The van der Waals surface area contributed by atoms with Crippen molar-refractivity contribution in [2.75, 3.05) is 0 Å². The Bertz CT molecular complexity index is 1170. The number of carbonyl (C=O) groups excluding carboxylic acids is 1. The van der Waals surface area contributed by atoms with E-state index in [-0.39, 0.29) is 5.91 Å². The highest BCUT2D eigenvalue weighted by molar-refractivity contribution is 5.89. The molecule has 0 saturated carbocycles. The van der Waals surface area contributed by atoms with E-state index in [0.717, 1.165) is 27.9 Å². The fraction of sp³-hybridized carbons (Fsp3) is 0.238. The zero-order valence-electron chi connectivity index (χ0n) is 16.1. The van der Waals surface area contributed by atoms with Crippen LogP contribution in [0.1, 0.15) is 25.2 Å². The highest BCUT2D eigenvalue weighted by Crippen LogP contribution is 2.27. The molecule has 0 aliphatic carbocycles.